The fourth-order valence-corrected chi connectivity index (χ4v) is 3.17. The molecule has 112 valence electrons. The van der Waals surface area contributed by atoms with Crippen molar-refractivity contribution in [3.05, 3.63) is 54.4 Å². The molecule has 0 fully saturated rings. The van der Waals surface area contributed by atoms with Crippen molar-refractivity contribution < 1.29 is 14.1 Å². The molecule has 0 radical (unpaired) electrons. The second-order valence-electron chi connectivity index (χ2n) is 4.59. The van der Waals surface area contributed by atoms with Crippen molar-refractivity contribution in [1.29, 1.82) is 0 Å². The number of rotatable bonds is 4. The molecule has 0 saturated carbocycles. The van der Waals surface area contributed by atoms with Gasteiger partial charge in [-0.1, -0.05) is 18.2 Å². The number of nitrogens with one attached hydrogen (secondary N) is 2. The molecule has 22 heavy (non-hydrogen) atoms. The molecule has 1 atom stereocenters. The first-order valence-corrected chi connectivity index (χ1v) is 7.69. The Morgan fingerprint density at radius 3 is 2.68 bits per heavy atom. The van der Waals surface area contributed by atoms with Gasteiger partial charge in [-0.15, -0.1) is 0 Å². The number of H-pyrrole nitrogens is 1. The van der Waals surface area contributed by atoms with Crippen LogP contribution >= 0.6 is 0 Å². The van der Waals surface area contributed by atoms with Crippen LogP contribution in [-0.4, -0.2) is 20.3 Å². The van der Waals surface area contributed by atoms with Gasteiger partial charge in [0.15, 0.2) is 0 Å². The molecule has 3 rings (SSSR count). The van der Waals surface area contributed by atoms with Crippen molar-refractivity contribution in [2.24, 2.45) is 0 Å². The van der Waals surface area contributed by atoms with Crippen LogP contribution in [-0.2, 0) is 17.3 Å². The number of carbonyl (C=O) groups excluding carboxylic acids is 1. The third-order valence-electron chi connectivity index (χ3n) is 3.07. The Labute approximate surface area is 128 Å². The van der Waals surface area contributed by atoms with Crippen LogP contribution in [0, 0.1) is 0 Å². The largest absolute Gasteiger partial charge is 0.530 e. The molecule has 6 nitrogen and oxygen atoms in total. The number of imidazole rings is 1. The maximum absolute atomic E-state index is 12.5. The van der Waals surface area contributed by atoms with Gasteiger partial charge in [0.1, 0.15) is 11.9 Å². The lowest BCUT2D eigenvalue weighted by molar-refractivity contribution is -0.251. The number of benzene rings is 2. The second-order valence-corrected chi connectivity index (χ2v) is 6.07. The molecule has 0 saturated heterocycles. The molecule has 7 heteroatoms. The number of carboxylic acid groups (broad SMARTS) is 1. The predicted octanol–water partition coefficient (Wildman–Crippen LogP) is 1.16. The summed E-state index contributed by atoms with van der Waals surface area (Å²) in [4.78, 5) is 19.0. The van der Waals surface area contributed by atoms with Crippen LogP contribution in [0.5, 0.6) is 0 Å². The highest BCUT2D eigenvalue weighted by atomic mass is 32.2. The SMILES string of the molecule is O=C([O-])NCc1nc2ccc(S(=O)c3ccccc3)cc2[nH]1. The van der Waals surface area contributed by atoms with Crippen molar-refractivity contribution >= 4 is 27.9 Å². The van der Waals surface area contributed by atoms with Gasteiger partial charge in [-0.05, 0) is 30.3 Å². The Morgan fingerprint density at radius 2 is 1.95 bits per heavy atom. The number of aromatic amines is 1. The molecule has 0 spiro atoms. The third-order valence-corrected chi connectivity index (χ3v) is 4.46. The summed E-state index contributed by atoms with van der Waals surface area (Å²) in [5, 5.41) is 12.5. The summed E-state index contributed by atoms with van der Waals surface area (Å²) in [6, 6.07) is 14.4. The first kappa shape index (κ1) is 14.3. The standard InChI is InChI=1S/C15H13N3O3S/c19-15(20)16-9-14-17-12-7-6-11(8-13(12)18-14)22(21)10-4-2-1-3-5-10/h1-8,16H,9H2,(H,17,18)(H,19,20)/p-1. The average molecular weight is 314 g/mol. The van der Waals surface area contributed by atoms with Gasteiger partial charge in [-0.3, -0.25) is 0 Å². The summed E-state index contributed by atoms with van der Waals surface area (Å²) in [6.07, 6.45) is -1.36. The van der Waals surface area contributed by atoms with Crippen LogP contribution < -0.4 is 10.4 Å². The molecule has 2 N–H and O–H groups in total. The van der Waals surface area contributed by atoms with Crippen molar-refractivity contribution in [2.75, 3.05) is 0 Å². The van der Waals surface area contributed by atoms with Crippen molar-refractivity contribution in [2.45, 2.75) is 16.3 Å². The van der Waals surface area contributed by atoms with E-state index in [4.69, 9.17) is 0 Å². The summed E-state index contributed by atoms with van der Waals surface area (Å²) in [7, 11) is -1.27. The third kappa shape index (κ3) is 2.99. The van der Waals surface area contributed by atoms with E-state index in [9.17, 15) is 14.1 Å². The van der Waals surface area contributed by atoms with Crippen molar-refractivity contribution in [1.82, 2.24) is 15.3 Å². The minimum Gasteiger partial charge on any atom is -0.530 e. The zero-order valence-corrected chi connectivity index (χ0v) is 12.2. The number of amides is 1. The summed E-state index contributed by atoms with van der Waals surface area (Å²) in [5.74, 6) is 0.474. The lowest BCUT2D eigenvalue weighted by Gasteiger charge is -2.02. The highest BCUT2D eigenvalue weighted by Crippen LogP contribution is 2.20. The summed E-state index contributed by atoms with van der Waals surface area (Å²) in [6.45, 7) is 0.0358. The summed E-state index contributed by atoms with van der Waals surface area (Å²) < 4.78 is 12.5. The maximum Gasteiger partial charge on any atom is 0.134 e. The van der Waals surface area contributed by atoms with Gasteiger partial charge in [-0.25, -0.2) is 9.19 Å². The Balaban J connectivity index is 1.89. The number of nitrogens with zero attached hydrogens (tertiary/aromatic N) is 1. The van der Waals surface area contributed by atoms with E-state index >= 15 is 0 Å². The van der Waals surface area contributed by atoms with E-state index in [1.165, 1.54) is 0 Å². The Bertz CT molecular complexity index is 846. The average Bonchev–Trinajstić information content (AvgIpc) is 2.95. The predicted molar refractivity (Wildman–Crippen MR) is 79.4 cm³/mol. The van der Waals surface area contributed by atoms with Crippen LogP contribution in [0.4, 0.5) is 4.79 Å². The molecule has 1 aromatic heterocycles. The lowest BCUT2D eigenvalue weighted by Crippen LogP contribution is -2.36. The summed E-state index contributed by atoms with van der Waals surface area (Å²) in [5.41, 5.74) is 1.39. The van der Waals surface area contributed by atoms with E-state index in [1.54, 1.807) is 18.2 Å². The van der Waals surface area contributed by atoms with Crippen LogP contribution in [0.2, 0.25) is 0 Å². The zero-order chi connectivity index (χ0) is 15.5. The second kappa shape index (κ2) is 5.98. The Kier molecular flexibility index (Phi) is 3.88. The fraction of sp³-hybridized carbons (Fsp3) is 0.0667. The van der Waals surface area contributed by atoms with E-state index in [2.05, 4.69) is 15.3 Å². The molecule has 1 heterocycles. The van der Waals surface area contributed by atoms with Gasteiger partial charge in [0, 0.05) is 9.79 Å². The number of carbonyl (C=O) groups is 1. The van der Waals surface area contributed by atoms with E-state index in [0.717, 1.165) is 4.90 Å². The topological polar surface area (TPSA) is 97.9 Å². The number of hydrogen-bond acceptors (Lipinski definition) is 4. The maximum atomic E-state index is 12.5. The number of aromatic nitrogens is 2. The molecular weight excluding hydrogens is 302 g/mol. The van der Waals surface area contributed by atoms with Crippen LogP contribution in [0.15, 0.2) is 58.3 Å². The van der Waals surface area contributed by atoms with E-state index in [0.29, 0.717) is 21.8 Å². The zero-order valence-electron chi connectivity index (χ0n) is 11.4. The van der Waals surface area contributed by atoms with Gasteiger partial charge in [0.05, 0.1) is 28.4 Å². The smallest absolute Gasteiger partial charge is 0.134 e. The highest BCUT2D eigenvalue weighted by molar-refractivity contribution is 7.85. The van der Waals surface area contributed by atoms with Gasteiger partial charge < -0.3 is 20.2 Å². The fourth-order valence-electron chi connectivity index (χ4n) is 2.08. The van der Waals surface area contributed by atoms with Crippen LogP contribution in [0.3, 0.4) is 0 Å². The van der Waals surface area contributed by atoms with Gasteiger partial charge in [0.2, 0.25) is 0 Å². The first-order chi connectivity index (χ1) is 10.6. The molecular formula is C15H12N3O3S-. The monoisotopic (exact) mass is 314 g/mol. The number of fused-ring (bicyclic) bond motifs is 1. The molecule has 0 aliphatic heterocycles. The van der Waals surface area contributed by atoms with Gasteiger partial charge in [0.25, 0.3) is 0 Å². The molecule has 3 aromatic rings. The molecule has 2 aromatic carbocycles. The van der Waals surface area contributed by atoms with Crippen molar-refractivity contribution in [3.63, 3.8) is 0 Å². The summed E-state index contributed by atoms with van der Waals surface area (Å²) >= 11 is 0. The minimum atomic E-state index is -1.36. The molecule has 1 unspecified atom stereocenters. The minimum absolute atomic E-state index is 0.0358. The Morgan fingerprint density at radius 1 is 1.18 bits per heavy atom. The molecule has 1 amide bonds. The molecule has 0 aliphatic rings. The first-order valence-electron chi connectivity index (χ1n) is 6.54. The van der Waals surface area contributed by atoms with E-state index in [1.807, 2.05) is 30.3 Å². The van der Waals surface area contributed by atoms with E-state index in [-0.39, 0.29) is 6.54 Å². The van der Waals surface area contributed by atoms with E-state index < -0.39 is 16.9 Å². The number of hydrogen-bond donors (Lipinski definition) is 2. The van der Waals surface area contributed by atoms with Crippen LogP contribution in [0.25, 0.3) is 11.0 Å². The normalized spacial score (nSPS) is 12.2. The Hall–Kier alpha value is -2.67. The van der Waals surface area contributed by atoms with Gasteiger partial charge in [-0.2, -0.15) is 0 Å². The van der Waals surface area contributed by atoms with Crippen LogP contribution in [0.1, 0.15) is 5.82 Å². The lowest BCUT2D eigenvalue weighted by atomic mass is 10.3. The molecule has 0 bridgehead atoms. The molecule has 0 aliphatic carbocycles. The highest BCUT2D eigenvalue weighted by Gasteiger charge is 2.09. The quantitative estimate of drug-likeness (QED) is 0.755. The van der Waals surface area contributed by atoms with Gasteiger partial charge >= 0.3 is 0 Å². The van der Waals surface area contributed by atoms with Crippen molar-refractivity contribution in [3.8, 4) is 0 Å².